The van der Waals surface area contributed by atoms with Gasteiger partial charge in [0.05, 0.1) is 17.5 Å². The molecule has 2 amide bonds. The van der Waals surface area contributed by atoms with E-state index in [-0.39, 0.29) is 18.2 Å². The van der Waals surface area contributed by atoms with Crippen molar-refractivity contribution in [2.75, 3.05) is 13.7 Å². The lowest BCUT2D eigenvalue weighted by molar-refractivity contribution is 0.0967. The van der Waals surface area contributed by atoms with E-state index >= 15 is 0 Å². The second kappa shape index (κ2) is 10.4. The molecule has 0 radical (unpaired) electrons. The molecule has 0 saturated carbocycles. The first-order valence-electron chi connectivity index (χ1n) is 9.31. The lowest BCUT2D eigenvalue weighted by atomic mass is 10.2. The molecule has 0 saturated heterocycles. The van der Waals surface area contributed by atoms with Crippen LogP contribution in [0, 0.1) is 6.92 Å². The number of fused-ring (bicyclic) bond motifs is 1. The number of halogens is 1. The summed E-state index contributed by atoms with van der Waals surface area (Å²) < 4.78 is 13.5. The van der Waals surface area contributed by atoms with Crippen molar-refractivity contribution in [2.45, 2.75) is 26.8 Å². The van der Waals surface area contributed by atoms with Crippen molar-refractivity contribution in [3.63, 3.8) is 0 Å². The van der Waals surface area contributed by atoms with E-state index in [9.17, 15) is 9.59 Å². The summed E-state index contributed by atoms with van der Waals surface area (Å²) in [6.07, 6.45) is 4.23. The van der Waals surface area contributed by atoms with Gasteiger partial charge in [-0.2, -0.15) is 4.99 Å². The molecule has 2 aromatic heterocycles. The van der Waals surface area contributed by atoms with Crippen molar-refractivity contribution >= 4 is 45.8 Å². The van der Waals surface area contributed by atoms with Crippen LogP contribution in [0.15, 0.2) is 33.7 Å². The van der Waals surface area contributed by atoms with E-state index in [0.717, 1.165) is 0 Å². The van der Waals surface area contributed by atoms with Crippen LogP contribution < -0.4 is 21.0 Å². The number of ether oxygens (including phenoxy) is 1. The van der Waals surface area contributed by atoms with E-state index in [1.54, 1.807) is 25.1 Å². The molecule has 4 N–H and O–H groups in total. The lowest BCUT2D eigenvalue weighted by Gasteiger charge is -2.08. The Morgan fingerprint density at radius 2 is 2.10 bits per heavy atom. The summed E-state index contributed by atoms with van der Waals surface area (Å²) in [5.41, 5.74) is 12.6. The maximum atomic E-state index is 12.8. The van der Waals surface area contributed by atoms with Gasteiger partial charge in [-0.3, -0.25) is 9.59 Å². The summed E-state index contributed by atoms with van der Waals surface area (Å²) in [6, 6.07) is 3.23. The third-order valence-electron chi connectivity index (χ3n) is 4.37. The molecule has 0 spiro atoms. The summed E-state index contributed by atoms with van der Waals surface area (Å²) in [5.74, 6) is -0.103. The number of allylic oxidation sites excluding steroid dienone is 1. The molecule has 0 unspecified atom stereocenters. The second-order valence-electron chi connectivity index (χ2n) is 6.37. The average Bonchev–Trinajstić information content (AvgIpc) is 3.27. The highest BCUT2D eigenvalue weighted by Gasteiger charge is 2.19. The molecule has 1 aromatic carbocycles. The highest BCUT2D eigenvalue weighted by Crippen LogP contribution is 2.29. The molecule has 31 heavy (non-hydrogen) atoms. The number of benzene rings is 1. The standard InChI is InChI=1S/C20H23N5O4S.ClH/c1-4-13-17(29-11(2)23-13)19(27)24-20-25(8-6-5-7-21)16-14(28-3)9-12(18(22)26)10-15(16)30-20;/h5-6,9-10H,4,7-8,21H2,1-3H3,(H2,22,26);1H/b6-5+,24-20-;. The van der Waals surface area contributed by atoms with Gasteiger partial charge in [0.2, 0.25) is 11.7 Å². The number of hydrogen-bond acceptors (Lipinski definition) is 7. The Kier molecular flexibility index (Phi) is 8.14. The number of oxazole rings is 1. The molecule has 166 valence electrons. The zero-order chi connectivity index (χ0) is 21.8. The quantitative estimate of drug-likeness (QED) is 0.513. The van der Waals surface area contributed by atoms with Gasteiger partial charge in [-0.05, 0) is 18.6 Å². The highest BCUT2D eigenvalue weighted by molar-refractivity contribution is 7.16. The molecule has 0 aliphatic carbocycles. The van der Waals surface area contributed by atoms with E-state index in [0.29, 0.717) is 57.4 Å². The van der Waals surface area contributed by atoms with Crippen LogP contribution in [-0.4, -0.2) is 35.0 Å². The fraction of sp³-hybridized carbons (Fsp3) is 0.300. The van der Waals surface area contributed by atoms with Crippen LogP contribution in [0.3, 0.4) is 0 Å². The largest absolute Gasteiger partial charge is 0.494 e. The molecular weight excluding hydrogens is 442 g/mol. The lowest BCUT2D eigenvalue weighted by Crippen LogP contribution is -2.17. The number of nitrogens with zero attached hydrogens (tertiary/aromatic N) is 3. The monoisotopic (exact) mass is 465 g/mol. The number of amides is 2. The number of hydrogen-bond donors (Lipinski definition) is 2. The molecule has 0 fully saturated rings. The topological polar surface area (TPSA) is 139 Å². The van der Waals surface area contributed by atoms with Gasteiger partial charge < -0.3 is 25.2 Å². The molecule has 0 bridgehead atoms. The van der Waals surface area contributed by atoms with Crippen LogP contribution in [0.1, 0.15) is 39.4 Å². The smallest absolute Gasteiger partial charge is 0.317 e. The van der Waals surface area contributed by atoms with E-state index in [4.69, 9.17) is 20.6 Å². The zero-order valence-corrected chi connectivity index (χ0v) is 19.0. The van der Waals surface area contributed by atoms with Crippen molar-refractivity contribution in [3.8, 4) is 5.75 Å². The number of nitrogens with two attached hydrogens (primary N) is 2. The summed E-state index contributed by atoms with van der Waals surface area (Å²) >= 11 is 1.25. The summed E-state index contributed by atoms with van der Waals surface area (Å²) in [4.78, 5) is 33.5. The third kappa shape index (κ3) is 5.04. The normalized spacial score (nSPS) is 11.8. The van der Waals surface area contributed by atoms with Crippen LogP contribution in [-0.2, 0) is 13.0 Å². The molecule has 0 aliphatic rings. The van der Waals surface area contributed by atoms with Crippen LogP contribution in [0.2, 0.25) is 0 Å². The Morgan fingerprint density at radius 1 is 1.35 bits per heavy atom. The molecule has 2 heterocycles. The minimum absolute atomic E-state index is 0. The third-order valence-corrected chi connectivity index (χ3v) is 5.39. The number of aryl methyl sites for hydroxylation is 2. The Balaban J connectivity index is 0.00000341. The number of carbonyl (C=O) groups excluding carboxylic acids is 2. The Bertz CT molecular complexity index is 1210. The van der Waals surface area contributed by atoms with Gasteiger partial charge in [0.25, 0.3) is 0 Å². The number of rotatable bonds is 7. The molecule has 9 nitrogen and oxygen atoms in total. The molecule has 3 rings (SSSR count). The summed E-state index contributed by atoms with van der Waals surface area (Å²) in [5, 5.41) is 0. The number of primary amides is 1. The molecule has 0 aliphatic heterocycles. The van der Waals surface area contributed by atoms with Crippen LogP contribution in [0.25, 0.3) is 10.2 Å². The van der Waals surface area contributed by atoms with Gasteiger partial charge in [0.1, 0.15) is 11.3 Å². The van der Waals surface area contributed by atoms with E-state index in [2.05, 4.69) is 9.98 Å². The average molecular weight is 466 g/mol. The van der Waals surface area contributed by atoms with Crippen LogP contribution >= 0.6 is 23.7 Å². The van der Waals surface area contributed by atoms with Gasteiger partial charge in [0.15, 0.2) is 10.7 Å². The fourth-order valence-electron chi connectivity index (χ4n) is 3.02. The van der Waals surface area contributed by atoms with E-state index in [1.807, 2.05) is 17.6 Å². The van der Waals surface area contributed by atoms with Gasteiger partial charge in [0, 0.05) is 25.6 Å². The van der Waals surface area contributed by atoms with Gasteiger partial charge in [-0.25, -0.2) is 4.98 Å². The predicted octanol–water partition coefficient (Wildman–Crippen LogP) is 2.35. The van der Waals surface area contributed by atoms with E-state index < -0.39 is 11.8 Å². The molecule has 0 atom stereocenters. The summed E-state index contributed by atoms with van der Waals surface area (Å²) in [7, 11) is 1.50. The van der Waals surface area contributed by atoms with Crippen LogP contribution in [0.4, 0.5) is 0 Å². The van der Waals surface area contributed by atoms with Gasteiger partial charge in [-0.15, -0.1) is 12.4 Å². The predicted molar refractivity (Wildman–Crippen MR) is 121 cm³/mol. The summed E-state index contributed by atoms with van der Waals surface area (Å²) in [6.45, 7) is 4.37. The van der Waals surface area contributed by atoms with Crippen molar-refractivity contribution in [1.82, 2.24) is 9.55 Å². The van der Waals surface area contributed by atoms with E-state index in [1.165, 1.54) is 18.4 Å². The first-order chi connectivity index (χ1) is 14.4. The fourth-order valence-corrected chi connectivity index (χ4v) is 4.11. The van der Waals surface area contributed by atoms with Crippen molar-refractivity contribution in [3.05, 3.63) is 52.0 Å². The van der Waals surface area contributed by atoms with Crippen molar-refractivity contribution in [2.24, 2.45) is 16.5 Å². The minimum Gasteiger partial charge on any atom is -0.494 e. The zero-order valence-electron chi connectivity index (χ0n) is 17.4. The first kappa shape index (κ1) is 24.3. The molecule has 3 aromatic rings. The maximum absolute atomic E-state index is 12.8. The molecular formula is C20H24ClN5O4S. The Labute approximate surface area is 188 Å². The Morgan fingerprint density at radius 3 is 2.71 bits per heavy atom. The number of aromatic nitrogens is 2. The van der Waals surface area contributed by atoms with Gasteiger partial charge >= 0.3 is 5.91 Å². The second-order valence-corrected chi connectivity index (χ2v) is 7.38. The molecule has 11 heteroatoms. The number of methoxy groups -OCH3 is 1. The number of thiazole rings is 1. The maximum Gasteiger partial charge on any atom is 0.317 e. The van der Waals surface area contributed by atoms with Crippen molar-refractivity contribution in [1.29, 1.82) is 0 Å². The Hall–Kier alpha value is -2.95. The highest BCUT2D eigenvalue weighted by atomic mass is 35.5. The minimum atomic E-state index is -0.572. The first-order valence-corrected chi connectivity index (χ1v) is 10.1. The van der Waals surface area contributed by atoms with Crippen LogP contribution in [0.5, 0.6) is 5.75 Å². The van der Waals surface area contributed by atoms with Crippen molar-refractivity contribution < 1.29 is 18.7 Å². The number of carbonyl (C=O) groups is 2. The van der Waals surface area contributed by atoms with Gasteiger partial charge in [-0.1, -0.05) is 30.4 Å². The SMILES string of the molecule is CCc1nc(C)oc1C(=O)/N=c1\sc2cc(C(N)=O)cc(OC)c2n1C/C=C/CN.Cl.